The minimum Gasteiger partial charge on any atom is -0.477 e. The van der Waals surface area contributed by atoms with Gasteiger partial charge in [-0.15, -0.1) is 11.3 Å². The molecular weight excluding hydrogens is 529 g/mol. The second kappa shape index (κ2) is 10.2. The van der Waals surface area contributed by atoms with E-state index in [1.165, 1.54) is 0 Å². The molecule has 6 nitrogen and oxygen atoms in total. The zero-order chi connectivity index (χ0) is 26.2. The van der Waals surface area contributed by atoms with E-state index in [4.69, 9.17) is 20.5 Å². The number of nitrogens with one attached hydrogen (secondary N) is 1. The molecule has 3 aromatic carbocycles. The Kier molecular flexibility index (Phi) is 6.97. The van der Waals surface area contributed by atoms with Crippen LogP contribution < -0.4 is 10.4 Å². The normalized spacial score (nSPS) is 12.9. The van der Waals surface area contributed by atoms with Gasteiger partial charge < -0.3 is 19.1 Å². The van der Waals surface area contributed by atoms with Gasteiger partial charge in [-0.3, -0.25) is 4.57 Å². The molecule has 0 aliphatic carbocycles. The van der Waals surface area contributed by atoms with Crippen molar-refractivity contribution in [3.63, 3.8) is 0 Å². The number of carboxylic acids is 1. The lowest BCUT2D eigenvalue weighted by Gasteiger charge is -2.22. The first-order valence-corrected chi connectivity index (χ1v) is 14.2. The van der Waals surface area contributed by atoms with E-state index < -0.39 is 13.5 Å². The molecular formula is C28H23ClNO5PS. The van der Waals surface area contributed by atoms with Crippen LogP contribution in [0.1, 0.15) is 26.6 Å². The highest BCUT2D eigenvalue weighted by Gasteiger charge is 2.31. The number of para-hydroxylation sites is 1. The number of carbonyl (C=O) groups is 1. The fourth-order valence-electron chi connectivity index (χ4n) is 4.11. The predicted octanol–water partition coefficient (Wildman–Crippen LogP) is 8.28. The van der Waals surface area contributed by atoms with Gasteiger partial charge in [-0.25, -0.2) is 4.79 Å². The molecule has 5 aromatic rings. The van der Waals surface area contributed by atoms with Crippen molar-refractivity contribution in [1.82, 2.24) is 0 Å². The summed E-state index contributed by atoms with van der Waals surface area (Å²) in [6.45, 7) is 3.74. The predicted molar refractivity (Wildman–Crippen MR) is 150 cm³/mol. The first-order valence-electron chi connectivity index (χ1n) is 11.4. The molecule has 0 aliphatic rings. The van der Waals surface area contributed by atoms with Crippen molar-refractivity contribution in [1.29, 1.82) is 0 Å². The molecule has 0 spiro atoms. The monoisotopic (exact) mass is 551 g/mol. The Morgan fingerprint density at radius 2 is 1.81 bits per heavy atom. The third-order valence-electron chi connectivity index (χ3n) is 5.86. The summed E-state index contributed by atoms with van der Waals surface area (Å²) >= 11 is 7.10. The van der Waals surface area contributed by atoms with Gasteiger partial charge in [0.15, 0.2) is 0 Å². The molecule has 9 heteroatoms. The van der Waals surface area contributed by atoms with Gasteiger partial charge in [-0.05, 0) is 61.4 Å². The van der Waals surface area contributed by atoms with E-state index in [1.807, 2.05) is 68.4 Å². The molecule has 1 unspecified atom stereocenters. The van der Waals surface area contributed by atoms with Crippen LogP contribution in [0.25, 0.3) is 21.4 Å². The lowest BCUT2D eigenvalue weighted by Crippen LogP contribution is -2.18. The molecule has 5 rings (SSSR count). The first-order chi connectivity index (χ1) is 17.7. The van der Waals surface area contributed by atoms with Gasteiger partial charge in [0.2, 0.25) is 0 Å². The molecule has 0 amide bonds. The second-order valence-corrected chi connectivity index (χ2v) is 12.2. The summed E-state index contributed by atoms with van der Waals surface area (Å²) in [6.07, 6.45) is 0. The quantitative estimate of drug-likeness (QED) is 0.189. The summed E-state index contributed by atoms with van der Waals surface area (Å²) in [5.74, 6) is -0.615. The number of aromatic carboxylic acids is 1. The molecule has 0 aliphatic heterocycles. The Balaban J connectivity index is 1.54. The summed E-state index contributed by atoms with van der Waals surface area (Å²) in [7, 11) is -3.80. The summed E-state index contributed by atoms with van der Waals surface area (Å²) in [4.78, 5) is 12.9. The third-order valence-corrected chi connectivity index (χ3v) is 9.45. The fraction of sp³-hybridized carbons (Fsp3) is 0.107. The Morgan fingerprint density at radius 1 is 1.05 bits per heavy atom. The maximum absolute atomic E-state index is 14.5. The average molecular weight is 552 g/mol. The van der Waals surface area contributed by atoms with Crippen LogP contribution in [0.3, 0.4) is 0 Å². The lowest BCUT2D eigenvalue weighted by molar-refractivity contribution is 0.0703. The molecule has 0 radical (unpaired) electrons. The number of fused-ring (bicyclic) bond motifs is 1. The topological polar surface area (TPSA) is 88.8 Å². The average Bonchev–Trinajstić information content (AvgIpc) is 3.47. The summed E-state index contributed by atoms with van der Waals surface area (Å²) in [6, 6.07) is 23.7. The molecule has 0 fully saturated rings. The van der Waals surface area contributed by atoms with Gasteiger partial charge in [0, 0.05) is 15.3 Å². The van der Waals surface area contributed by atoms with Crippen molar-refractivity contribution < 1.29 is 23.4 Å². The van der Waals surface area contributed by atoms with Crippen LogP contribution in [0.5, 0.6) is 0 Å². The number of furan rings is 1. The number of hydrogen-bond acceptors (Lipinski definition) is 5. The standard InChI is InChI=1S/C28H23ClNO5PS/c1-17-7-12-25(18(2)13-17)36(33,34-16-22-14-20-5-3-4-6-24(20)35-22)30-23-15-26(37-27(23)28(31)32)19-8-10-21(29)11-9-19/h3-15H,16H2,1-2H3,(H,30,33)(H,31,32). The molecule has 188 valence electrons. The lowest BCUT2D eigenvalue weighted by atomic mass is 10.2. The van der Waals surface area contributed by atoms with Gasteiger partial charge >= 0.3 is 13.5 Å². The highest BCUT2D eigenvalue weighted by Crippen LogP contribution is 2.50. The summed E-state index contributed by atoms with van der Waals surface area (Å²) < 4.78 is 26.4. The Hall–Kier alpha value is -3.35. The van der Waals surface area contributed by atoms with Gasteiger partial charge in [0.1, 0.15) is 22.8 Å². The Labute approximate surface area is 223 Å². The zero-order valence-electron chi connectivity index (χ0n) is 20.0. The highest BCUT2D eigenvalue weighted by atomic mass is 35.5. The van der Waals surface area contributed by atoms with Crippen LogP contribution in [-0.4, -0.2) is 11.1 Å². The van der Waals surface area contributed by atoms with E-state index in [0.717, 1.165) is 33.4 Å². The number of carboxylic acid groups (broad SMARTS) is 1. The van der Waals surface area contributed by atoms with Crippen LogP contribution in [0.4, 0.5) is 5.69 Å². The second-order valence-electron chi connectivity index (χ2n) is 8.64. The SMILES string of the molecule is Cc1ccc(P(=O)(Nc2cc(-c3ccc(Cl)cc3)sc2C(=O)O)OCc2cc3ccccc3o2)c(C)c1. The fourth-order valence-corrected chi connectivity index (χ4v) is 7.19. The van der Waals surface area contributed by atoms with E-state index in [9.17, 15) is 14.5 Å². The molecule has 2 N–H and O–H groups in total. The van der Waals surface area contributed by atoms with Crippen molar-refractivity contribution in [3.8, 4) is 10.4 Å². The smallest absolute Gasteiger partial charge is 0.348 e. The molecule has 1 atom stereocenters. The number of anilines is 1. The van der Waals surface area contributed by atoms with Gasteiger partial charge in [-0.2, -0.15) is 0 Å². The van der Waals surface area contributed by atoms with Crippen LogP contribution in [0.2, 0.25) is 5.02 Å². The van der Waals surface area contributed by atoms with Gasteiger partial charge in [0.05, 0.1) is 11.0 Å². The molecule has 2 heterocycles. The van der Waals surface area contributed by atoms with Crippen LogP contribution in [0.15, 0.2) is 83.3 Å². The van der Waals surface area contributed by atoms with E-state index in [-0.39, 0.29) is 17.2 Å². The number of thiophene rings is 1. The minimum atomic E-state index is -3.80. The molecule has 0 bridgehead atoms. The van der Waals surface area contributed by atoms with Gasteiger partial charge in [-0.1, -0.05) is 59.6 Å². The highest BCUT2D eigenvalue weighted by molar-refractivity contribution is 7.68. The largest absolute Gasteiger partial charge is 0.477 e. The Morgan fingerprint density at radius 3 is 2.51 bits per heavy atom. The third kappa shape index (κ3) is 5.36. The maximum atomic E-state index is 14.5. The van der Waals surface area contributed by atoms with E-state index in [1.54, 1.807) is 24.3 Å². The van der Waals surface area contributed by atoms with E-state index >= 15 is 0 Å². The van der Waals surface area contributed by atoms with Crippen LogP contribution in [0, 0.1) is 13.8 Å². The van der Waals surface area contributed by atoms with E-state index in [2.05, 4.69) is 5.09 Å². The summed E-state index contributed by atoms with van der Waals surface area (Å²) in [5.41, 5.74) is 3.50. The molecule has 0 saturated heterocycles. The number of rotatable bonds is 8. The van der Waals surface area contributed by atoms with Crippen molar-refractivity contribution in [2.45, 2.75) is 20.5 Å². The van der Waals surface area contributed by atoms with Crippen molar-refractivity contribution in [3.05, 3.63) is 106 Å². The molecule has 0 saturated carbocycles. The van der Waals surface area contributed by atoms with Gasteiger partial charge in [0.25, 0.3) is 0 Å². The van der Waals surface area contributed by atoms with Crippen molar-refractivity contribution >= 4 is 58.4 Å². The molecule has 2 aromatic heterocycles. The number of benzene rings is 3. The van der Waals surface area contributed by atoms with Crippen LogP contribution in [-0.2, 0) is 15.7 Å². The Bertz CT molecular complexity index is 1620. The van der Waals surface area contributed by atoms with E-state index in [0.29, 0.717) is 26.5 Å². The first kappa shape index (κ1) is 25.3. The number of aryl methyl sites for hydroxylation is 2. The minimum absolute atomic E-state index is 0.0299. The number of hydrogen-bond donors (Lipinski definition) is 2. The maximum Gasteiger partial charge on any atom is 0.348 e. The van der Waals surface area contributed by atoms with Crippen LogP contribution >= 0.6 is 30.5 Å². The van der Waals surface area contributed by atoms with Crippen molar-refractivity contribution in [2.75, 3.05) is 5.09 Å². The number of halogens is 1. The van der Waals surface area contributed by atoms with Crippen molar-refractivity contribution in [2.24, 2.45) is 0 Å². The summed E-state index contributed by atoms with van der Waals surface area (Å²) in [5, 5.41) is 14.9. The molecule has 37 heavy (non-hydrogen) atoms. The zero-order valence-corrected chi connectivity index (χ0v) is 22.5.